The molecule has 1 aromatic rings. The minimum absolute atomic E-state index is 0.551. The number of aromatic nitrogens is 2. The summed E-state index contributed by atoms with van der Waals surface area (Å²) in [5, 5.41) is 0.571. The van der Waals surface area contributed by atoms with Gasteiger partial charge in [-0.1, -0.05) is 37.3 Å². The number of hydrogen-bond donors (Lipinski definition) is 0. The summed E-state index contributed by atoms with van der Waals surface area (Å²) >= 11 is 9.92. The maximum absolute atomic E-state index is 6.33. The molecule has 0 aromatic carbocycles. The Kier molecular flexibility index (Phi) is 4.82. The molecule has 3 rings (SSSR count). The number of halogens is 2. The van der Waals surface area contributed by atoms with Crippen LogP contribution in [0, 0.1) is 0 Å². The molecule has 3 nitrogen and oxygen atoms in total. The van der Waals surface area contributed by atoms with E-state index >= 15 is 0 Å². The van der Waals surface area contributed by atoms with Gasteiger partial charge in [-0.2, -0.15) is 4.98 Å². The van der Waals surface area contributed by atoms with E-state index in [1.54, 1.807) is 0 Å². The molecule has 1 saturated heterocycles. The molecule has 1 aliphatic heterocycles. The summed E-state index contributed by atoms with van der Waals surface area (Å²) in [5.41, 5.74) is 1.13. The van der Waals surface area contributed by atoms with Gasteiger partial charge < -0.3 is 4.90 Å². The first-order chi connectivity index (χ1) is 9.75. The van der Waals surface area contributed by atoms with Gasteiger partial charge in [0.15, 0.2) is 0 Å². The molecule has 0 amide bonds. The minimum atomic E-state index is 0.551. The molecule has 0 atom stereocenters. The van der Waals surface area contributed by atoms with Crippen LogP contribution >= 0.6 is 27.5 Å². The molecule has 0 spiro atoms. The lowest BCUT2D eigenvalue weighted by Crippen LogP contribution is -2.26. The van der Waals surface area contributed by atoms with Crippen LogP contribution in [0.25, 0.3) is 0 Å². The van der Waals surface area contributed by atoms with Gasteiger partial charge in [-0.15, -0.1) is 0 Å². The van der Waals surface area contributed by atoms with Crippen LogP contribution in [0.3, 0.4) is 0 Å². The summed E-state index contributed by atoms with van der Waals surface area (Å²) in [6, 6.07) is 0. The standard InChI is InChI=1S/C15H21BrClN3/c16-12-13(11-7-3-4-8-11)18-15(19-14(12)17)20-9-5-1-2-6-10-20/h11H,1-10H2. The van der Waals surface area contributed by atoms with Gasteiger partial charge in [0.25, 0.3) is 0 Å². The number of hydrogen-bond acceptors (Lipinski definition) is 3. The van der Waals surface area contributed by atoms with Crippen LogP contribution in [-0.4, -0.2) is 23.1 Å². The zero-order valence-corrected chi connectivity index (χ0v) is 14.1. The Bertz CT molecular complexity index is 466. The molecule has 5 heteroatoms. The number of nitrogens with zero attached hydrogens (tertiary/aromatic N) is 3. The molecule has 1 aromatic heterocycles. The van der Waals surface area contributed by atoms with E-state index in [0.717, 1.165) is 29.2 Å². The highest BCUT2D eigenvalue weighted by Gasteiger charge is 2.25. The molecule has 1 saturated carbocycles. The van der Waals surface area contributed by atoms with E-state index in [1.807, 2.05) is 0 Å². The summed E-state index contributed by atoms with van der Waals surface area (Å²) < 4.78 is 0.907. The third-order valence-electron chi connectivity index (χ3n) is 4.46. The zero-order chi connectivity index (χ0) is 13.9. The topological polar surface area (TPSA) is 29.0 Å². The van der Waals surface area contributed by atoms with Crippen molar-refractivity contribution in [1.82, 2.24) is 9.97 Å². The van der Waals surface area contributed by atoms with E-state index in [1.165, 1.54) is 51.4 Å². The van der Waals surface area contributed by atoms with Crippen molar-refractivity contribution in [3.05, 3.63) is 15.3 Å². The fourth-order valence-corrected chi connectivity index (χ4v) is 3.98. The molecule has 20 heavy (non-hydrogen) atoms. The van der Waals surface area contributed by atoms with Crippen molar-refractivity contribution in [3.8, 4) is 0 Å². The quantitative estimate of drug-likeness (QED) is 0.702. The molecule has 2 fully saturated rings. The average molecular weight is 359 g/mol. The van der Waals surface area contributed by atoms with E-state index < -0.39 is 0 Å². The normalized spacial score (nSPS) is 21.2. The van der Waals surface area contributed by atoms with E-state index in [9.17, 15) is 0 Å². The second-order valence-electron chi connectivity index (χ2n) is 5.90. The highest BCUT2D eigenvalue weighted by Crippen LogP contribution is 2.39. The summed E-state index contributed by atoms with van der Waals surface area (Å²) in [4.78, 5) is 11.7. The van der Waals surface area contributed by atoms with Gasteiger partial charge >= 0.3 is 0 Å². The Balaban J connectivity index is 1.90. The van der Waals surface area contributed by atoms with E-state index in [2.05, 4.69) is 25.8 Å². The zero-order valence-electron chi connectivity index (χ0n) is 11.7. The predicted octanol–water partition coefficient (Wildman–Crippen LogP) is 4.93. The first kappa shape index (κ1) is 14.6. The van der Waals surface area contributed by atoms with Gasteiger partial charge in [-0.3, -0.25) is 0 Å². The van der Waals surface area contributed by atoms with Gasteiger partial charge in [0.2, 0.25) is 5.95 Å². The summed E-state index contributed by atoms with van der Waals surface area (Å²) in [7, 11) is 0. The van der Waals surface area contributed by atoms with Crippen LogP contribution in [-0.2, 0) is 0 Å². The second kappa shape index (κ2) is 6.61. The third-order valence-corrected chi connectivity index (χ3v) is 5.74. The van der Waals surface area contributed by atoms with Gasteiger partial charge in [-0.05, 0) is 41.6 Å². The van der Waals surface area contributed by atoms with Crippen LogP contribution in [0.4, 0.5) is 5.95 Å². The first-order valence-electron chi connectivity index (χ1n) is 7.73. The molecule has 0 bridgehead atoms. The van der Waals surface area contributed by atoms with Crippen molar-refractivity contribution in [2.75, 3.05) is 18.0 Å². The molecule has 2 aliphatic rings. The Morgan fingerprint density at radius 3 is 2.25 bits per heavy atom. The Labute approximate surface area is 134 Å². The van der Waals surface area contributed by atoms with Crippen LogP contribution in [0.1, 0.15) is 63.0 Å². The van der Waals surface area contributed by atoms with Gasteiger partial charge in [0, 0.05) is 19.0 Å². The fourth-order valence-electron chi connectivity index (χ4n) is 3.31. The van der Waals surface area contributed by atoms with Crippen LogP contribution < -0.4 is 4.90 Å². The van der Waals surface area contributed by atoms with Crippen molar-refractivity contribution in [3.63, 3.8) is 0 Å². The second-order valence-corrected chi connectivity index (χ2v) is 7.05. The van der Waals surface area contributed by atoms with Crippen molar-refractivity contribution in [2.45, 2.75) is 57.3 Å². The Morgan fingerprint density at radius 2 is 1.60 bits per heavy atom. The minimum Gasteiger partial charge on any atom is -0.341 e. The summed E-state index contributed by atoms with van der Waals surface area (Å²) in [5.74, 6) is 1.39. The maximum atomic E-state index is 6.33. The smallest absolute Gasteiger partial charge is 0.227 e. The Hall–Kier alpha value is -0.350. The Morgan fingerprint density at radius 1 is 0.950 bits per heavy atom. The number of rotatable bonds is 2. The van der Waals surface area contributed by atoms with Gasteiger partial charge in [-0.25, -0.2) is 4.98 Å². The third kappa shape index (κ3) is 3.11. The monoisotopic (exact) mass is 357 g/mol. The molecule has 1 aliphatic carbocycles. The summed E-state index contributed by atoms with van der Waals surface area (Å²) in [6.45, 7) is 2.12. The first-order valence-corrected chi connectivity index (χ1v) is 8.90. The predicted molar refractivity (Wildman–Crippen MR) is 86.6 cm³/mol. The molecule has 0 unspecified atom stereocenters. The van der Waals surface area contributed by atoms with Gasteiger partial charge in [0.05, 0.1) is 10.2 Å². The van der Waals surface area contributed by atoms with Crippen LogP contribution in [0.5, 0.6) is 0 Å². The van der Waals surface area contributed by atoms with Gasteiger partial charge in [0.1, 0.15) is 5.15 Å². The lowest BCUT2D eigenvalue weighted by molar-refractivity contribution is 0.678. The van der Waals surface area contributed by atoms with Crippen LogP contribution in [0.15, 0.2) is 4.47 Å². The SMILES string of the molecule is Clc1nc(N2CCCCCC2)nc(C2CCCC2)c1Br. The molecular formula is C15H21BrClN3. The molecule has 110 valence electrons. The molecular weight excluding hydrogens is 338 g/mol. The van der Waals surface area contributed by atoms with Crippen molar-refractivity contribution in [2.24, 2.45) is 0 Å². The van der Waals surface area contributed by atoms with Crippen LogP contribution in [0.2, 0.25) is 5.15 Å². The average Bonchev–Trinajstić information content (AvgIpc) is 2.84. The van der Waals surface area contributed by atoms with E-state index in [-0.39, 0.29) is 0 Å². The number of anilines is 1. The lowest BCUT2D eigenvalue weighted by Gasteiger charge is -2.22. The maximum Gasteiger partial charge on any atom is 0.227 e. The van der Waals surface area contributed by atoms with Crippen molar-refractivity contribution >= 4 is 33.5 Å². The van der Waals surface area contributed by atoms with Crippen molar-refractivity contribution in [1.29, 1.82) is 0 Å². The largest absolute Gasteiger partial charge is 0.341 e. The summed E-state index contributed by atoms with van der Waals surface area (Å²) in [6.07, 6.45) is 10.2. The molecule has 2 heterocycles. The van der Waals surface area contributed by atoms with E-state index in [0.29, 0.717) is 11.1 Å². The van der Waals surface area contributed by atoms with Crippen molar-refractivity contribution < 1.29 is 0 Å². The molecule has 0 N–H and O–H groups in total. The molecule has 0 radical (unpaired) electrons. The fraction of sp³-hybridized carbons (Fsp3) is 0.733. The highest BCUT2D eigenvalue weighted by molar-refractivity contribution is 9.10. The van der Waals surface area contributed by atoms with E-state index in [4.69, 9.17) is 16.6 Å². The lowest BCUT2D eigenvalue weighted by atomic mass is 10.0. The highest BCUT2D eigenvalue weighted by atomic mass is 79.9.